The fourth-order valence-electron chi connectivity index (χ4n) is 3.01. The Morgan fingerprint density at radius 2 is 1.66 bits per heavy atom. The first-order valence-corrected chi connectivity index (χ1v) is 10.6. The zero-order chi connectivity index (χ0) is 20.8. The predicted octanol–water partition coefficient (Wildman–Crippen LogP) is 3.04. The lowest BCUT2D eigenvalue weighted by Crippen LogP contribution is -2.57. The maximum atomic E-state index is 12.7. The van der Waals surface area contributed by atoms with Gasteiger partial charge in [0, 0.05) is 6.54 Å². The van der Waals surface area contributed by atoms with E-state index in [1.54, 1.807) is 13.8 Å². The number of esters is 1. The number of β-lactam (4-membered cyclic amide) rings is 1. The summed E-state index contributed by atoms with van der Waals surface area (Å²) in [6, 6.07) is 18.9. The Morgan fingerprint density at radius 1 is 1.07 bits per heavy atom. The third kappa shape index (κ3) is 5.19. The summed E-state index contributed by atoms with van der Waals surface area (Å²) in [5.41, 5.74) is 2.65. The molecule has 1 N–H and O–H groups in total. The number of hydrogen-bond donors (Lipinski definition) is 1. The van der Waals surface area contributed by atoms with E-state index in [9.17, 15) is 13.8 Å². The van der Waals surface area contributed by atoms with Crippen molar-refractivity contribution in [3.05, 3.63) is 83.1 Å². The van der Waals surface area contributed by atoms with Gasteiger partial charge in [-0.2, -0.15) is 0 Å². The monoisotopic (exact) mass is 412 g/mol. The van der Waals surface area contributed by atoms with Crippen LogP contribution in [-0.2, 0) is 38.5 Å². The van der Waals surface area contributed by atoms with Crippen LogP contribution >= 0.6 is 0 Å². The molecule has 6 nitrogen and oxygen atoms in total. The third-order valence-electron chi connectivity index (χ3n) is 4.54. The van der Waals surface area contributed by atoms with Crippen LogP contribution in [0.1, 0.15) is 31.4 Å². The number of likely N-dealkylation sites (tertiary alicyclic amines) is 1. The second-order valence-corrected chi connectivity index (χ2v) is 8.36. The highest BCUT2D eigenvalue weighted by atomic mass is 32.2. The van der Waals surface area contributed by atoms with Crippen LogP contribution < -0.4 is 4.72 Å². The summed E-state index contributed by atoms with van der Waals surface area (Å²) in [6.07, 6.45) is 0.122. The summed E-state index contributed by atoms with van der Waals surface area (Å²) in [6.45, 7) is 4.00. The van der Waals surface area contributed by atoms with Crippen LogP contribution in [0.5, 0.6) is 0 Å². The summed E-state index contributed by atoms with van der Waals surface area (Å²) >= 11 is 0. The molecule has 2 aromatic rings. The average molecular weight is 413 g/mol. The van der Waals surface area contributed by atoms with E-state index in [0.717, 1.165) is 11.1 Å². The maximum absolute atomic E-state index is 12.7. The number of ether oxygens (including phenoxy) is 1. The smallest absolute Gasteiger partial charge is 0.355 e. The number of rotatable bonds is 8. The minimum Gasteiger partial charge on any atom is -0.456 e. The van der Waals surface area contributed by atoms with Crippen molar-refractivity contribution < 1.29 is 18.5 Å². The molecule has 2 aromatic carbocycles. The second kappa shape index (κ2) is 9.62. The molecule has 152 valence electrons. The van der Waals surface area contributed by atoms with E-state index in [1.807, 2.05) is 60.7 Å². The van der Waals surface area contributed by atoms with Crippen LogP contribution in [0.2, 0.25) is 0 Å². The van der Waals surface area contributed by atoms with Gasteiger partial charge in [0.05, 0.1) is 6.42 Å². The Bertz CT molecular complexity index is 924. The summed E-state index contributed by atoms with van der Waals surface area (Å²) in [4.78, 5) is 26.3. The molecule has 7 heteroatoms. The molecule has 0 radical (unpaired) electrons. The Kier molecular flexibility index (Phi) is 6.95. The molecule has 1 aliphatic rings. The van der Waals surface area contributed by atoms with Crippen LogP contribution in [0.15, 0.2) is 71.9 Å². The molecular weight excluding hydrogens is 388 g/mol. The summed E-state index contributed by atoms with van der Waals surface area (Å²) in [5, 5.41) is -0.597. The SMILES string of the molecule is CC(C)=C(C(=O)OCc1ccccc1)N1C(=O)C[C@H]1[S@](=O)NCc1ccccc1. The number of nitrogens with one attached hydrogen (secondary N) is 1. The van der Waals surface area contributed by atoms with Crippen molar-refractivity contribution in [1.29, 1.82) is 0 Å². The molecule has 1 saturated heterocycles. The molecular formula is C22H24N2O4S. The summed E-state index contributed by atoms with van der Waals surface area (Å²) in [5.74, 6) is -0.829. The first-order chi connectivity index (χ1) is 14.0. The zero-order valence-corrected chi connectivity index (χ0v) is 17.3. The van der Waals surface area contributed by atoms with Gasteiger partial charge in [0.25, 0.3) is 0 Å². The highest BCUT2D eigenvalue weighted by Crippen LogP contribution is 2.29. The van der Waals surface area contributed by atoms with Gasteiger partial charge in [-0.1, -0.05) is 60.7 Å². The molecule has 0 saturated carbocycles. The Balaban J connectivity index is 1.65. The number of amides is 1. The number of carbonyl (C=O) groups is 2. The van der Waals surface area contributed by atoms with E-state index >= 15 is 0 Å². The normalized spacial score (nSPS) is 16.7. The highest BCUT2D eigenvalue weighted by Gasteiger charge is 2.45. The van der Waals surface area contributed by atoms with Crippen LogP contribution in [0, 0.1) is 0 Å². The quantitative estimate of drug-likeness (QED) is 0.411. The lowest BCUT2D eigenvalue weighted by molar-refractivity contribution is -0.150. The van der Waals surface area contributed by atoms with Gasteiger partial charge in [-0.15, -0.1) is 0 Å². The highest BCUT2D eigenvalue weighted by molar-refractivity contribution is 7.83. The Labute approximate surface area is 173 Å². The van der Waals surface area contributed by atoms with E-state index in [1.165, 1.54) is 4.90 Å². The molecule has 1 fully saturated rings. The van der Waals surface area contributed by atoms with E-state index in [-0.39, 0.29) is 24.6 Å². The molecule has 29 heavy (non-hydrogen) atoms. The van der Waals surface area contributed by atoms with Gasteiger partial charge >= 0.3 is 5.97 Å². The third-order valence-corrected chi connectivity index (χ3v) is 5.84. The van der Waals surface area contributed by atoms with Gasteiger partial charge in [-0.25, -0.2) is 13.7 Å². The molecule has 0 aromatic heterocycles. The molecule has 0 unspecified atom stereocenters. The van der Waals surface area contributed by atoms with Crippen molar-refractivity contribution in [1.82, 2.24) is 9.62 Å². The number of nitrogens with zero attached hydrogens (tertiary/aromatic N) is 1. The van der Waals surface area contributed by atoms with Gasteiger partial charge in [0.15, 0.2) is 0 Å². The van der Waals surface area contributed by atoms with Crippen LogP contribution in [-0.4, -0.2) is 26.4 Å². The van der Waals surface area contributed by atoms with Gasteiger partial charge in [0.2, 0.25) is 5.91 Å². The molecule has 2 atom stereocenters. The first kappa shape index (κ1) is 21.0. The number of allylic oxidation sites excluding steroid dienone is 1. The molecule has 0 aliphatic carbocycles. The molecule has 1 aliphatic heterocycles. The van der Waals surface area contributed by atoms with Crippen molar-refractivity contribution in [3.63, 3.8) is 0 Å². The Hall–Kier alpha value is -2.77. The van der Waals surface area contributed by atoms with Crippen molar-refractivity contribution in [3.8, 4) is 0 Å². The number of carbonyl (C=O) groups excluding carboxylic acids is 2. The lowest BCUT2D eigenvalue weighted by Gasteiger charge is -2.40. The van der Waals surface area contributed by atoms with Crippen LogP contribution in [0.4, 0.5) is 0 Å². The lowest BCUT2D eigenvalue weighted by atomic mass is 10.1. The maximum Gasteiger partial charge on any atom is 0.355 e. The van der Waals surface area contributed by atoms with E-state index in [0.29, 0.717) is 12.1 Å². The van der Waals surface area contributed by atoms with E-state index < -0.39 is 22.3 Å². The summed E-state index contributed by atoms with van der Waals surface area (Å²) < 4.78 is 21.1. The molecule has 1 amide bonds. The molecule has 0 bridgehead atoms. The van der Waals surface area contributed by atoms with Gasteiger partial charge in [-0.3, -0.25) is 9.69 Å². The average Bonchev–Trinajstić information content (AvgIpc) is 2.73. The number of hydrogen-bond acceptors (Lipinski definition) is 4. The fraction of sp³-hybridized carbons (Fsp3) is 0.273. The predicted molar refractivity (Wildman–Crippen MR) is 111 cm³/mol. The fourth-order valence-corrected chi connectivity index (χ4v) is 4.22. The first-order valence-electron chi connectivity index (χ1n) is 9.36. The number of benzene rings is 2. The second-order valence-electron chi connectivity index (χ2n) is 6.94. The van der Waals surface area contributed by atoms with E-state index in [2.05, 4.69) is 4.72 Å². The van der Waals surface area contributed by atoms with Gasteiger partial charge in [0.1, 0.15) is 28.7 Å². The van der Waals surface area contributed by atoms with Gasteiger partial charge in [-0.05, 0) is 30.5 Å². The molecule has 0 spiro atoms. The van der Waals surface area contributed by atoms with Crippen molar-refractivity contribution >= 4 is 22.9 Å². The topological polar surface area (TPSA) is 75.7 Å². The van der Waals surface area contributed by atoms with Crippen LogP contribution in [0.25, 0.3) is 0 Å². The van der Waals surface area contributed by atoms with Crippen molar-refractivity contribution in [2.75, 3.05) is 0 Å². The van der Waals surface area contributed by atoms with Crippen LogP contribution in [0.3, 0.4) is 0 Å². The van der Waals surface area contributed by atoms with E-state index in [4.69, 9.17) is 4.74 Å². The minimum atomic E-state index is -1.51. The minimum absolute atomic E-state index is 0.110. The molecule has 3 rings (SSSR count). The zero-order valence-electron chi connectivity index (χ0n) is 16.5. The van der Waals surface area contributed by atoms with Crippen molar-refractivity contribution in [2.24, 2.45) is 0 Å². The van der Waals surface area contributed by atoms with Gasteiger partial charge < -0.3 is 4.74 Å². The molecule has 1 heterocycles. The largest absolute Gasteiger partial charge is 0.456 e. The standard InChI is InChI=1S/C22H24N2O4S/c1-16(2)21(22(26)28-15-18-11-7-4-8-12-18)24-19(25)13-20(24)29(27)23-14-17-9-5-3-6-10-17/h3-12,20,23H,13-15H2,1-2H3/t20-,29+/m1/s1. The van der Waals surface area contributed by atoms with Crippen molar-refractivity contribution in [2.45, 2.75) is 38.8 Å². The summed E-state index contributed by atoms with van der Waals surface area (Å²) in [7, 11) is -1.51. The Morgan fingerprint density at radius 3 is 2.21 bits per heavy atom.